The molecule has 7 nitrogen and oxygen atoms in total. The quantitative estimate of drug-likeness (QED) is 0.611. The van der Waals surface area contributed by atoms with Gasteiger partial charge in [0.15, 0.2) is 0 Å². The van der Waals surface area contributed by atoms with Crippen LogP contribution >= 0.6 is 0 Å². The molecule has 3 N–H and O–H groups in total. The molecule has 1 radical (unpaired) electrons. The van der Waals surface area contributed by atoms with Gasteiger partial charge in [0.25, 0.3) is 0 Å². The van der Waals surface area contributed by atoms with Crippen molar-refractivity contribution in [1.29, 1.82) is 0 Å². The second-order valence-electron chi connectivity index (χ2n) is 4.10. The van der Waals surface area contributed by atoms with Gasteiger partial charge in [-0.05, 0) is 6.42 Å². The fraction of sp³-hybridized carbons (Fsp3) is 0.455. The van der Waals surface area contributed by atoms with Gasteiger partial charge in [-0.15, -0.1) is 0 Å². The molecule has 0 bridgehead atoms. The van der Waals surface area contributed by atoms with Gasteiger partial charge in [0.1, 0.15) is 12.1 Å². The third-order valence-electron chi connectivity index (χ3n) is 2.74. The number of nitrogens with zero attached hydrogens (tertiary/aromatic N) is 1. The van der Waals surface area contributed by atoms with E-state index in [0.717, 1.165) is 0 Å². The summed E-state index contributed by atoms with van der Waals surface area (Å²) in [6.07, 6.45) is 5.97. The highest BCUT2D eigenvalue weighted by atomic mass is 16.2. The Hall–Kier alpha value is -2.18. The number of nitrogens with one attached hydrogen (secondary N) is 3. The molecule has 1 aromatic rings. The van der Waals surface area contributed by atoms with Crippen LogP contribution in [0.15, 0.2) is 12.5 Å². The topological polar surface area (TPSA) is 104 Å². The molecule has 2 heterocycles. The number of H-pyrrole nitrogens is 1. The number of amides is 2. The largest absolute Gasteiger partial charge is 0.351 e. The van der Waals surface area contributed by atoms with E-state index in [4.69, 9.17) is 0 Å². The zero-order chi connectivity index (χ0) is 13.0. The average Bonchev–Trinajstić information content (AvgIpc) is 2.99. The second kappa shape index (κ2) is 5.44. The molecule has 0 saturated carbocycles. The van der Waals surface area contributed by atoms with Gasteiger partial charge in [0, 0.05) is 19.0 Å². The average molecular weight is 249 g/mol. The van der Waals surface area contributed by atoms with Crippen LogP contribution < -0.4 is 10.6 Å². The lowest BCUT2D eigenvalue weighted by molar-refractivity contribution is -0.126. The van der Waals surface area contributed by atoms with Crippen LogP contribution in [0.4, 0.5) is 0 Å². The number of carbonyl (C=O) groups excluding carboxylic acids is 3. The number of imidazole rings is 1. The maximum Gasteiger partial charge on any atom is 0.243 e. The van der Waals surface area contributed by atoms with Crippen molar-refractivity contribution in [2.75, 3.05) is 0 Å². The molecule has 95 valence electrons. The molecular weight excluding hydrogens is 236 g/mol. The monoisotopic (exact) mass is 249 g/mol. The first-order chi connectivity index (χ1) is 8.69. The Morgan fingerprint density at radius 2 is 2.50 bits per heavy atom. The third-order valence-corrected chi connectivity index (χ3v) is 2.74. The van der Waals surface area contributed by atoms with Crippen LogP contribution in [0.3, 0.4) is 0 Å². The molecule has 0 unspecified atom stereocenters. The maximum atomic E-state index is 11.8. The van der Waals surface area contributed by atoms with E-state index in [1.165, 1.54) is 6.33 Å². The summed E-state index contributed by atoms with van der Waals surface area (Å²) in [6, 6.07) is -1.30. The minimum absolute atomic E-state index is 0.144. The van der Waals surface area contributed by atoms with Crippen LogP contribution in [0, 0.1) is 0 Å². The van der Waals surface area contributed by atoms with Gasteiger partial charge in [-0.25, -0.2) is 4.98 Å². The molecule has 0 aromatic carbocycles. The Balaban J connectivity index is 1.88. The van der Waals surface area contributed by atoms with Crippen molar-refractivity contribution in [1.82, 2.24) is 20.6 Å². The van der Waals surface area contributed by atoms with Crippen molar-refractivity contribution < 1.29 is 14.4 Å². The summed E-state index contributed by atoms with van der Waals surface area (Å²) in [4.78, 5) is 40.3. The summed E-state index contributed by atoms with van der Waals surface area (Å²) in [5, 5.41) is 5.08. The van der Waals surface area contributed by atoms with Crippen molar-refractivity contribution >= 4 is 18.1 Å². The summed E-state index contributed by atoms with van der Waals surface area (Å²) in [5.74, 6) is -0.501. The van der Waals surface area contributed by atoms with Crippen molar-refractivity contribution in [3.63, 3.8) is 0 Å². The Bertz CT molecular complexity index is 443. The lowest BCUT2D eigenvalue weighted by Gasteiger charge is -2.14. The highest BCUT2D eigenvalue weighted by molar-refractivity contribution is 5.91. The van der Waals surface area contributed by atoms with Gasteiger partial charge < -0.3 is 15.6 Å². The van der Waals surface area contributed by atoms with E-state index >= 15 is 0 Å². The smallest absolute Gasteiger partial charge is 0.243 e. The first-order valence-corrected chi connectivity index (χ1v) is 5.64. The van der Waals surface area contributed by atoms with Crippen LogP contribution in [0.25, 0.3) is 0 Å². The van der Waals surface area contributed by atoms with Crippen molar-refractivity contribution in [2.24, 2.45) is 0 Å². The van der Waals surface area contributed by atoms with Crippen LogP contribution in [0.2, 0.25) is 0 Å². The Morgan fingerprint density at radius 1 is 1.67 bits per heavy atom. The number of carbonyl (C=O) groups is 2. The number of hydrogen-bond donors (Lipinski definition) is 3. The molecule has 1 saturated heterocycles. The van der Waals surface area contributed by atoms with Crippen molar-refractivity contribution in [2.45, 2.75) is 31.3 Å². The molecule has 2 atom stereocenters. The molecule has 1 aliphatic heterocycles. The molecule has 18 heavy (non-hydrogen) atoms. The predicted octanol–water partition coefficient (Wildman–Crippen LogP) is -1.17. The highest BCUT2D eigenvalue weighted by Crippen LogP contribution is 2.07. The summed E-state index contributed by atoms with van der Waals surface area (Å²) >= 11 is 0. The van der Waals surface area contributed by atoms with E-state index in [1.54, 1.807) is 12.5 Å². The first kappa shape index (κ1) is 12.3. The summed E-state index contributed by atoms with van der Waals surface area (Å²) in [5.41, 5.74) is 0.666. The van der Waals surface area contributed by atoms with Crippen LogP contribution in [-0.4, -0.2) is 40.2 Å². The molecule has 2 rings (SSSR count). The summed E-state index contributed by atoms with van der Waals surface area (Å²) in [6.45, 7) is 0. The first-order valence-electron chi connectivity index (χ1n) is 5.64. The minimum atomic E-state index is -0.752. The van der Waals surface area contributed by atoms with Gasteiger partial charge >= 0.3 is 0 Å². The lowest BCUT2D eigenvalue weighted by Crippen LogP contribution is -2.47. The molecular formula is C11H13N4O3. The zero-order valence-corrected chi connectivity index (χ0v) is 9.60. The second-order valence-corrected chi connectivity index (χ2v) is 4.10. The van der Waals surface area contributed by atoms with Crippen molar-refractivity contribution in [3.8, 4) is 0 Å². The zero-order valence-electron chi connectivity index (χ0n) is 9.60. The molecule has 7 heteroatoms. The fourth-order valence-corrected chi connectivity index (χ4v) is 1.82. The normalized spacial score (nSPS) is 20.2. The van der Waals surface area contributed by atoms with Gasteiger partial charge in [0.05, 0.1) is 12.0 Å². The summed E-state index contributed by atoms with van der Waals surface area (Å²) < 4.78 is 0. The number of aromatic amines is 1. The van der Waals surface area contributed by atoms with E-state index in [0.29, 0.717) is 18.5 Å². The fourth-order valence-electron chi connectivity index (χ4n) is 1.82. The van der Waals surface area contributed by atoms with E-state index < -0.39 is 12.1 Å². The van der Waals surface area contributed by atoms with Gasteiger partial charge in [-0.3, -0.25) is 14.4 Å². The van der Waals surface area contributed by atoms with Crippen LogP contribution in [0.5, 0.6) is 0 Å². The SMILES string of the molecule is O=[C][C@H](Cc1c[nH]cn1)NC(=O)[C@@H]1CCC(=O)N1. The van der Waals surface area contributed by atoms with Gasteiger partial charge in [0.2, 0.25) is 18.1 Å². The molecule has 1 aromatic heterocycles. The van der Waals surface area contributed by atoms with Crippen LogP contribution in [-0.2, 0) is 20.8 Å². The van der Waals surface area contributed by atoms with E-state index in [9.17, 15) is 14.4 Å². The highest BCUT2D eigenvalue weighted by Gasteiger charge is 2.28. The summed E-state index contributed by atoms with van der Waals surface area (Å²) in [7, 11) is 0. The Labute approximate surface area is 103 Å². The predicted molar refractivity (Wildman–Crippen MR) is 61.1 cm³/mol. The number of rotatable bonds is 5. The third kappa shape index (κ3) is 2.93. The van der Waals surface area contributed by atoms with Crippen molar-refractivity contribution in [3.05, 3.63) is 18.2 Å². The van der Waals surface area contributed by atoms with Gasteiger partial charge in [-0.2, -0.15) is 0 Å². The van der Waals surface area contributed by atoms with E-state index in [1.807, 2.05) is 0 Å². The molecule has 1 fully saturated rings. The Kier molecular flexibility index (Phi) is 3.71. The lowest BCUT2D eigenvalue weighted by atomic mass is 10.1. The molecule has 0 aliphatic carbocycles. The van der Waals surface area contributed by atoms with E-state index in [2.05, 4.69) is 20.6 Å². The Morgan fingerprint density at radius 3 is 3.06 bits per heavy atom. The van der Waals surface area contributed by atoms with Crippen LogP contribution in [0.1, 0.15) is 18.5 Å². The minimum Gasteiger partial charge on any atom is -0.351 e. The number of aromatic nitrogens is 2. The molecule has 2 amide bonds. The van der Waals surface area contributed by atoms with Gasteiger partial charge in [-0.1, -0.05) is 0 Å². The molecule has 0 spiro atoms. The number of hydrogen-bond acceptors (Lipinski definition) is 4. The maximum absolute atomic E-state index is 11.8. The van der Waals surface area contributed by atoms with E-state index in [-0.39, 0.29) is 18.2 Å². The standard InChI is InChI=1S/C11H13N4O3/c16-5-8(3-7-4-12-6-13-7)14-11(18)9-1-2-10(17)15-9/h4,6,8-9H,1-3H2,(H,12,13)(H,14,18)(H,15,17)/t8-,9-/m0/s1. The molecule has 1 aliphatic rings.